The number of pyridine rings is 1. The van der Waals surface area contributed by atoms with Gasteiger partial charge >= 0.3 is 0 Å². The predicted molar refractivity (Wildman–Crippen MR) is 68.5 cm³/mol. The third-order valence-electron chi connectivity index (χ3n) is 2.20. The molecule has 2 N–H and O–H groups in total. The van der Waals surface area contributed by atoms with E-state index in [1.165, 1.54) is 0 Å². The molecule has 0 fully saturated rings. The first-order chi connectivity index (χ1) is 7.72. The van der Waals surface area contributed by atoms with Gasteiger partial charge < -0.3 is 10.6 Å². The van der Waals surface area contributed by atoms with Gasteiger partial charge in [-0.2, -0.15) is 0 Å². The molecule has 0 saturated carbocycles. The lowest BCUT2D eigenvalue weighted by Crippen LogP contribution is -2.25. The van der Waals surface area contributed by atoms with Crippen LogP contribution in [0.2, 0.25) is 5.02 Å². The Balaban J connectivity index is 2.96. The molecule has 86 valence electrons. The van der Waals surface area contributed by atoms with E-state index >= 15 is 0 Å². The van der Waals surface area contributed by atoms with Gasteiger partial charge in [0.25, 0.3) is 0 Å². The Bertz CT molecular complexity index is 384. The van der Waals surface area contributed by atoms with Crippen molar-refractivity contribution < 1.29 is 0 Å². The lowest BCUT2D eigenvalue weighted by atomic mass is 10.3. The number of nitrogens with two attached hydrogens (primary N) is 1. The summed E-state index contributed by atoms with van der Waals surface area (Å²) in [6.07, 6.45) is 6.35. The van der Waals surface area contributed by atoms with Gasteiger partial charge in [0.05, 0.1) is 17.3 Å². The third-order valence-corrected chi connectivity index (χ3v) is 2.54. The molecule has 0 aromatic carbocycles. The van der Waals surface area contributed by atoms with Gasteiger partial charge in [-0.25, -0.2) is 4.98 Å². The van der Waals surface area contributed by atoms with Crippen LogP contribution in [0.15, 0.2) is 12.1 Å². The van der Waals surface area contributed by atoms with Crippen molar-refractivity contribution in [2.24, 2.45) is 5.73 Å². The van der Waals surface area contributed by atoms with E-state index < -0.39 is 0 Å². The van der Waals surface area contributed by atoms with Crippen LogP contribution in [0.5, 0.6) is 0 Å². The van der Waals surface area contributed by atoms with Crippen LogP contribution >= 0.6 is 11.6 Å². The van der Waals surface area contributed by atoms with E-state index in [0.717, 1.165) is 18.8 Å². The van der Waals surface area contributed by atoms with Crippen molar-refractivity contribution in [3.8, 4) is 12.3 Å². The van der Waals surface area contributed by atoms with Crippen LogP contribution in [0.1, 0.15) is 19.0 Å². The van der Waals surface area contributed by atoms with Gasteiger partial charge in [0.1, 0.15) is 5.82 Å². The summed E-state index contributed by atoms with van der Waals surface area (Å²) in [5.74, 6) is 3.46. The minimum atomic E-state index is 0.336. The van der Waals surface area contributed by atoms with Crippen LogP contribution in [-0.2, 0) is 6.54 Å². The minimum absolute atomic E-state index is 0.336. The van der Waals surface area contributed by atoms with E-state index in [9.17, 15) is 0 Å². The van der Waals surface area contributed by atoms with Crippen LogP contribution < -0.4 is 10.6 Å². The van der Waals surface area contributed by atoms with Crippen molar-refractivity contribution in [1.29, 1.82) is 0 Å². The highest BCUT2D eigenvalue weighted by Crippen LogP contribution is 2.19. The summed E-state index contributed by atoms with van der Waals surface area (Å²) in [4.78, 5) is 6.44. The average Bonchev–Trinajstić information content (AvgIpc) is 2.29. The molecule has 0 aliphatic rings. The molecular weight excluding hydrogens is 222 g/mol. The van der Waals surface area contributed by atoms with E-state index in [2.05, 4.69) is 17.8 Å². The molecule has 1 rings (SSSR count). The van der Waals surface area contributed by atoms with Crippen LogP contribution in [0.25, 0.3) is 0 Å². The topological polar surface area (TPSA) is 42.1 Å². The molecule has 4 heteroatoms. The molecule has 0 bridgehead atoms. The second-order valence-corrected chi connectivity index (χ2v) is 3.83. The first-order valence-electron chi connectivity index (χ1n) is 5.26. The quantitative estimate of drug-likeness (QED) is 0.797. The first-order valence-corrected chi connectivity index (χ1v) is 5.64. The summed E-state index contributed by atoms with van der Waals surface area (Å²) in [6, 6.07) is 3.68. The lowest BCUT2D eigenvalue weighted by Gasteiger charge is -2.21. The number of hydrogen-bond donors (Lipinski definition) is 1. The monoisotopic (exact) mass is 237 g/mol. The normalized spacial score (nSPS) is 9.88. The van der Waals surface area contributed by atoms with Crippen LogP contribution in [0.3, 0.4) is 0 Å². The van der Waals surface area contributed by atoms with Crippen LogP contribution in [0.4, 0.5) is 5.82 Å². The molecule has 0 saturated heterocycles. The largest absolute Gasteiger partial charge is 0.345 e. The van der Waals surface area contributed by atoms with Gasteiger partial charge in [0.15, 0.2) is 0 Å². The Morgan fingerprint density at radius 2 is 2.31 bits per heavy atom. The zero-order valence-electron chi connectivity index (χ0n) is 9.41. The summed E-state index contributed by atoms with van der Waals surface area (Å²) in [6.45, 7) is 3.86. The van der Waals surface area contributed by atoms with Crippen molar-refractivity contribution in [2.45, 2.75) is 19.9 Å². The summed E-state index contributed by atoms with van der Waals surface area (Å²) in [7, 11) is 0. The molecule has 0 radical (unpaired) electrons. The average molecular weight is 238 g/mol. The number of aromatic nitrogens is 1. The van der Waals surface area contributed by atoms with E-state index in [1.807, 2.05) is 17.0 Å². The number of terminal acetylenes is 1. The molecule has 1 heterocycles. The molecule has 1 aromatic rings. The Morgan fingerprint density at radius 1 is 1.56 bits per heavy atom. The molecule has 0 aliphatic carbocycles. The van der Waals surface area contributed by atoms with Gasteiger partial charge in [0.2, 0.25) is 0 Å². The Morgan fingerprint density at radius 3 is 2.88 bits per heavy atom. The van der Waals surface area contributed by atoms with Crippen molar-refractivity contribution in [3.05, 3.63) is 22.8 Å². The maximum absolute atomic E-state index is 5.95. The highest BCUT2D eigenvalue weighted by molar-refractivity contribution is 6.31. The lowest BCUT2D eigenvalue weighted by molar-refractivity contribution is 0.802. The van der Waals surface area contributed by atoms with Gasteiger partial charge in [0, 0.05) is 13.1 Å². The summed E-state index contributed by atoms with van der Waals surface area (Å²) < 4.78 is 0. The molecule has 0 amide bonds. The first kappa shape index (κ1) is 12.8. The Hall–Kier alpha value is -1.24. The molecule has 0 spiro atoms. The maximum atomic E-state index is 5.95. The van der Waals surface area contributed by atoms with E-state index in [0.29, 0.717) is 23.8 Å². The molecule has 1 aromatic heterocycles. The second-order valence-electron chi connectivity index (χ2n) is 3.43. The molecular formula is C12H16ClN3. The number of hydrogen-bond acceptors (Lipinski definition) is 3. The zero-order chi connectivity index (χ0) is 12.0. The smallest absolute Gasteiger partial charge is 0.129 e. The molecule has 0 unspecified atom stereocenters. The van der Waals surface area contributed by atoms with Crippen molar-refractivity contribution in [1.82, 2.24) is 4.98 Å². The summed E-state index contributed by atoms with van der Waals surface area (Å²) >= 11 is 5.95. The molecule has 0 atom stereocenters. The fourth-order valence-corrected chi connectivity index (χ4v) is 1.63. The van der Waals surface area contributed by atoms with Crippen LogP contribution in [-0.4, -0.2) is 18.1 Å². The van der Waals surface area contributed by atoms with Gasteiger partial charge in [-0.1, -0.05) is 24.4 Å². The number of rotatable bonds is 5. The number of halogens is 1. The van der Waals surface area contributed by atoms with Crippen molar-refractivity contribution >= 4 is 17.4 Å². The number of anilines is 1. The minimum Gasteiger partial charge on any atom is -0.345 e. The highest BCUT2D eigenvalue weighted by Gasteiger charge is 2.08. The van der Waals surface area contributed by atoms with Crippen molar-refractivity contribution in [2.75, 3.05) is 18.0 Å². The van der Waals surface area contributed by atoms with E-state index in [1.54, 1.807) is 0 Å². The third kappa shape index (κ3) is 3.13. The van der Waals surface area contributed by atoms with Gasteiger partial charge in [-0.15, -0.1) is 6.42 Å². The fourth-order valence-electron chi connectivity index (χ4n) is 1.45. The second kappa shape index (κ2) is 6.37. The Labute approximate surface area is 102 Å². The highest BCUT2D eigenvalue weighted by atomic mass is 35.5. The summed E-state index contributed by atoms with van der Waals surface area (Å²) in [5, 5.41) is 0.600. The SMILES string of the molecule is C#CCN(CCC)c1ccc(Cl)c(CN)n1. The molecule has 3 nitrogen and oxygen atoms in total. The number of nitrogens with zero attached hydrogens (tertiary/aromatic N) is 2. The van der Waals surface area contributed by atoms with E-state index in [4.69, 9.17) is 23.8 Å². The fraction of sp³-hybridized carbons (Fsp3) is 0.417. The van der Waals surface area contributed by atoms with Crippen molar-refractivity contribution in [3.63, 3.8) is 0 Å². The maximum Gasteiger partial charge on any atom is 0.129 e. The van der Waals surface area contributed by atoms with E-state index in [-0.39, 0.29) is 0 Å². The van der Waals surface area contributed by atoms with Gasteiger partial charge in [-0.05, 0) is 18.6 Å². The standard InChI is InChI=1S/C12H16ClN3/c1-3-7-16(8-4-2)12-6-5-10(13)11(9-14)15-12/h1,5-6H,4,7-9,14H2,2H3. The van der Waals surface area contributed by atoms with Gasteiger partial charge in [-0.3, -0.25) is 0 Å². The summed E-state index contributed by atoms with van der Waals surface area (Å²) in [5.41, 5.74) is 6.27. The molecule has 16 heavy (non-hydrogen) atoms. The zero-order valence-corrected chi connectivity index (χ0v) is 10.2. The predicted octanol–water partition coefficient (Wildman–Crippen LogP) is 2.04. The Kier molecular flexibility index (Phi) is 5.10. The van der Waals surface area contributed by atoms with Crippen LogP contribution in [0, 0.1) is 12.3 Å². The molecule has 0 aliphatic heterocycles.